The van der Waals surface area contributed by atoms with Crippen molar-refractivity contribution < 1.29 is 4.74 Å². The van der Waals surface area contributed by atoms with Crippen LogP contribution in [0.1, 0.15) is 22.9 Å². The summed E-state index contributed by atoms with van der Waals surface area (Å²) >= 11 is 8.47. The van der Waals surface area contributed by atoms with Crippen molar-refractivity contribution in [3.63, 3.8) is 0 Å². The van der Waals surface area contributed by atoms with Crippen LogP contribution in [-0.4, -0.2) is 60.5 Å². The molecule has 6 rings (SSSR count). The van der Waals surface area contributed by atoms with Crippen LogP contribution < -0.4 is 15.0 Å². The summed E-state index contributed by atoms with van der Waals surface area (Å²) in [6, 6.07) is 9.99. The molecule has 2 aliphatic heterocycles. The summed E-state index contributed by atoms with van der Waals surface area (Å²) in [6.45, 7) is 6.39. The number of benzene rings is 1. The number of nitrogens with zero attached hydrogens (tertiary/aromatic N) is 5. The normalized spacial score (nSPS) is 17.5. The molecule has 36 heavy (non-hydrogen) atoms. The van der Waals surface area contributed by atoms with Gasteiger partial charge in [0.25, 0.3) is 0 Å². The average molecular weight is 519 g/mol. The number of piperazine rings is 1. The molecule has 9 heteroatoms. The number of halogens is 1. The van der Waals surface area contributed by atoms with Crippen molar-refractivity contribution in [3.8, 4) is 11.6 Å². The predicted molar refractivity (Wildman–Crippen MR) is 149 cm³/mol. The van der Waals surface area contributed by atoms with Gasteiger partial charge in [0.05, 0.1) is 11.6 Å². The molecule has 0 spiro atoms. The Hall–Kier alpha value is -3.20. The number of fused-ring (bicyclic) bond motifs is 1. The number of ether oxygens (including phenoxy) is 1. The fourth-order valence-corrected chi connectivity index (χ4v) is 5.65. The SMILES string of the molecule is CC1=Cc2c(ccc(Oc3cc(NC4=NCC(c5cccs5)=C4)nc(N4CCN(C)CC4)n3)c2Cl)C1. The largest absolute Gasteiger partial charge is 0.437 e. The molecular formula is C27H27ClN6OS. The Morgan fingerprint density at radius 3 is 2.75 bits per heavy atom. The van der Waals surface area contributed by atoms with Crippen molar-refractivity contribution in [1.82, 2.24) is 14.9 Å². The highest BCUT2D eigenvalue weighted by molar-refractivity contribution is 7.11. The molecule has 3 aliphatic rings. The molecule has 1 aliphatic carbocycles. The standard InChI is InChI=1S/C27H27ClN6OS/c1-17-12-18-5-6-21(26(28)20(18)13-17)35-25-15-24(31-27(32-25)34-9-7-33(2)8-10-34)30-23-14-19(16-29-23)22-4-3-11-36-22/h3-6,11,13-15H,7-10,12,16H2,1-2H3,(H,29,30,31,32). The van der Waals surface area contributed by atoms with Crippen molar-refractivity contribution >= 4 is 52.2 Å². The lowest BCUT2D eigenvalue weighted by Gasteiger charge is -2.32. The smallest absolute Gasteiger partial charge is 0.230 e. The second-order valence-electron chi connectivity index (χ2n) is 9.38. The summed E-state index contributed by atoms with van der Waals surface area (Å²) < 4.78 is 6.26. The number of nitrogens with one attached hydrogen (secondary N) is 1. The molecular weight excluding hydrogens is 492 g/mol. The third kappa shape index (κ3) is 4.76. The Kier molecular flexibility index (Phi) is 6.25. The van der Waals surface area contributed by atoms with Gasteiger partial charge >= 0.3 is 0 Å². The summed E-state index contributed by atoms with van der Waals surface area (Å²) in [6.07, 6.45) is 5.13. The molecule has 7 nitrogen and oxygen atoms in total. The van der Waals surface area contributed by atoms with Crippen molar-refractivity contribution in [2.75, 3.05) is 50.0 Å². The van der Waals surface area contributed by atoms with E-state index >= 15 is 0 Å². The van der Waals surface area contributed by atoms with Gasteiger partial charge in [-0.05, 0) is 55.1 Å². The zero-order valence-corrected chi connectivity index (χ0v) is 21.9. The molecule has 3 aromatic rings. The van der Waals surface area contributed by atoms with Gasteiger partial charge in [-0.3, -0.25) is 4.99 Å². The van der Waals surface area contributed by atoms with E-state index in [-0.39, 0.29) is 0 Å². The van der Waals surface area contributed by atoms with Crippen molar-refractivity contribution in [2.24, 2.45) is 4.99 Å². The molecule has 184 valence electrons. The summed E-state index contributed by atoms with van der Waals surface area (Å²) in [5.41, 5.74) is 4.75. The quantitative estimate of drug-likeness (QED) is 0.474. The van der Waals surface area contributed by atoms with E-state index in [0.29, 0.717) is 35.0 Å². The fourth-order valence-electron chi connectivity index (χ4n) is 4.63. The highest BCUT2D eigenvalue weighted by Crippen LogP contribution is 2.39. The third-order valence-electron chi connectivity index (χ3n) is 6.61. The minimum Gasteiger partial charge on any atom is -0.437 e. The number of aromatic nitrogens is 2. The first-order valence-electron chi connectivity index (χ1n) is 12.1. The maximum absolute atomic E-state index is 6.75. The van der Waals surface area contributed by atoms with Crippen molar-refractivity contribution in [3.05, 3.63) is 68.4 Å². The van der Waals surface area contributed by atoms with Gasteiger partial charge in [0.1, 0.15) is 17.4 Å². The maximum Gasteiger partial charge on any atom is 0.230 e. The Labute approximate surface area is 219 Å². The van der Waals surface area contributed by atoms with Crippen LogP contribution in [0.2, 0.25) is 5.02 Å². The van der Waals surface area contributed by atoms with Crippen LogP contribution in [0.3, 0.4) is 0 Å². The Bertz CT molecular complexity index is 1390. The molecule has 0 unspecified atom stereocenters. The fraction of sp³-hybridized carbons (Fsp3) is 0.296. The molecule has 0 saturated carbocycles. The van der Waals surface area contributed by atoms with Gasteiger partial charge in [-0.25, -0.2) is 0 Å². The lowest BCUT2D eigenvalue weighted by molar-refractivity contribution is 0.310. The van der Waals surface area contributed by atoms with Gasteiger partial charge in [0.15, 0.2) is 0 Å². The lowest BCUT2D eigenvalue weighted by atomic mass is 10.1. The molecule has 1 fully saturated rings. The Balaban J connectivity index is 1.30. The van der Waals surface area contributed by atoms with Gasteiger partial charge in [0.2, 0.25) is 11.8 Å². The van der Waals surface area contributed by atoms with E-state index in [2.05, 4.69) is 69.8 Å². The van der Waals surface area contributed by atoms with Crippen molar-refractivity contribution in [1.29, 1.82) is 0 Å². The predicted octanol–water partition coefficient (Wildman–Crippen LogP) is 5.60. The van der Waals surface area contributed by atoms with Crippen LogP contribution in [0.25, 0.3) is 11.6 Å². The summed E-state index contributed by atoms with van der Waals surface area (Å²) in [5.74, 6) is 3.10. The number of hydrogen-bond donors (Lipinski definition) is 1. The van der Waals surface area contributed by atoms with Gasteiger partial charge in [-0.2, -0.15) is 9.97 Å². The number of thiophene rings is 1. The molecule has 0 atom stereocenters. The van der Waals surface area contributed by atoms with Crippen LogP contribution >= 0.6 is 22.9 Å². The second kappa shape index (κ2) is 9.69. The maximum atomic E-state index is 6.75. The van der Waals surface area contributed by atoms with Crippen LogP contribution in [0.15, 0.2) is 52.4 Å². The monoisotopic (exact) mass is 518 g/mol. The molecule has 0 radical (unpaired) electrons. The van der Waals surface area contributed by atoms with E-state index in [1.54, 1.807) is 11.3 Å². The van der Waals surface area contributed by atoms with Crippen LogP contribution in [0, 0.1) is 0 Å². The number of hydrogen-bond acceptors (Lipinski definition) is 8. The van der Waals surface area contributed by atoms with E-state index in [1.807, 2.05) is 12.1 Å². The number of allylic oxidation sites excluding steroid dienone is 1. The summed E-state index contributed by atoms with van der Waals surface area (Å²) in [5, 5.41) is 6.07. The van der Waals surface area contributed by atoms with E-state index < -0.39 is 0 Å². The van der Waals surface area contributed by atoms with Crippen LogP contribution in [0.5, 0.6) is 11.6 Å². The molecule has 1 N–H and O–H groups in total. The summed E-state index contributed by atoms with van der Waals surface area (Å²) in [7, 11) is 2.13. The number of likely N-dealkylation sites (N-methyl/N-ethyl adjacent to an activating group) is 1. The minimum absolute atomic E-state index is 0.447. The van der Waals surface area contributed by atoms with E-state index in [1.165, 1.54) is 21.6 Å². The first-order valence-corrected chi connectivity index (χ1v) is 13.3. The van der Waals surface area contributed by atoms with Gasteiger partial charge in [-0.15, -0.1) is 11.3 Å². The number of rotatable bonds is 5. The van der Waals surface area contributed by atoms with Gasteiger partial charge in [0, 0.05) is 42.7 Å². The molecule has 1 saturated heterocycles. The minimum atomic E-state index is 0.447. The highest BCUT2D eigenvalue weighted by atomic mass is 35.5. The Morgan fingerprint density at radius 2 is 1.94 bits per heavy atom. The molecule has 4 heterocycles. The average Bonchev–Trinajstić information content (AvgIpc) is 3.62. The highest BCUT2D eigenvalue weighted by Gasteiger charge is 2.21. The lowest BCUT2D eigenvalue weighted by Crippen LogP contribution is -2.45. The third-order valence-corrected chi connectivity index (χ3v) is 7.95. The molecule has 1 aromatic carbocycles. The summed E-state index contributed by atoms with van der Waals surface area (Å²) in [4.78, 5) is 20.0. The van der Waals surface area contributed by atoms with E-state index in [9.17, 15) is 0 Å². The van der Waals surface area contributed by atoms with Gasteiger partial charge < -0.3 is 19.9 Å². The first kappa shape index (κ1) is 23.2. The zero-order valence-electron chi connectivity index (χ0n) is 20.3. The number of anilines is 2. The van der Waals surface area contributed by atoms with Crippen LogP contribution in [-0.2, 0) is 6.42 Å². The number of amidine groups is 1. The second-order valence-corrected chi connectivity index (χ2v) is 10.7. The zero-order chi connectivity index (χ0) is 24.6. The van der Waals surface area contributed by atoms with E-state index in [4.69, 9.17) is 26.3 Å². The molecule has 0 bridgehead atoms. The Morgan fingerprint density at radius 1 is 1.08 bits per heavy atom. The number of aliphatic imine (C=N–C) groups is 1. The van der Waals surface area contributed by atoms with Crippen LogP contribution in [0.4, 0.5) is 11.8 Å². The topological polar surface area (TPSA) is 65.9 Å². The molecule has 2 aromatic heterocycles. The van der Waals surface area contributed by atoms with Crippen molar-refractivity contribution in [2.45, 2.75) is 13.3 Å². The van der Waals surface area contributed by atoms with E-state index in [0.717, 1.165) is 44.0 Å². The molecule has 0 amide bonds. The first-order chi connectivity index (χ1) is 17.5. The van der Waals surface area contributed by atoms with Gasteiger partial charge in [-0.1, -0.05) is 35.4 Å².